The average molecular weight is 259 g/mol. The number of rotatable bonds is 4. The zero-order valence-electron chi connectivity index (χ0n) is 8.68. The molecular weight excluding hydrogens is 248 g/mol. The minimum atomic E-state index is -1.27. The van der Waals surface area contributed by atoms with Crippen molar-refractivity contribution in [1.29, 1.82) is 0 Å². The number of carboxylic acid groups (broad SMARTS) is 1. The summed E-state index contributed by atoms with van der Waals surface area (Å²) in [4.78, 5) is 21.6. The molecule has 0 saturated carbocycles. The summed E-state index contributed by atoms with van der Waals surface area (Å²) in [7, 11) is 0. The Labute approximate surface area is 102 Å². The second-order valence-corrected chi connectivity index (χ2v) is 3.57. The Balaban J connectivity index is 3.10. The van der Waals surface area contributed by atoms with Crippen molar-refractivity contribution in [3.05, 3.63) is 29.3 Å². The molecule has 17 heavy (non-hydrogen) atoms. The number of amides is 2. The van der Waals surface area contributed by atoms with Gasteiger partial charge in [0.2, 0.25) is 0 Å². The summed E-state index contributed by atoms with van der Waals surface area (Å²) in [5.41, 5.74) is 5.54. The molecule has 5 N–H and O–H groups in total. The smallest absolute Gasteiger partial charge is 0.330 e. The third-order valence-corrected chi connectivity index (χ3v) is 2.40. The van der Waals surface area contributed by atoms with Crippen LogP contribution in [0.4, 0.5) is 4.79 Å². The van der Waals surface area contributed by atoms with Crippen LogP contribution in [-0.2, 0) is 10.7 Å². The van der Waals surface area contributed by atoms with E-state index in [9.17, 15) is 14.7 Å². The summed E-state index contributed by atoms with van der Waals surface area (Å²) < 4.78 is 0. The van der Waals surface area contributed by atoms with Crippen LogP contribution in [0, 0.1) is 0 Å². The summed E-state index contributed by atoms with van der Waals surface area (Å²) in [5.74, 6) is -1.26. The Kier molecular flexibility index (Phi) is 4.17. The monoisotopic (exact) mass is 258 g/mol. The van der Waals surface area contributed by atoms with Gasteiger partial charge < -0.3 is 21.3 Å². The Morgan fingerprint density at radius 1 is 1.47 bits per heavy atom. The zero-order chi connectivity index (χ0) is 13.0. The average Bonchev–Trinajstić information content (AvgIpc) is 2.26. The van der Waals surface area contributed by atoms with E-state index < -0.39 is 18.0 Å². The molecule has 0 bridgehead atoms. The number of nitrogens with one attached hydrogen (secondary N) is 1. The van der Waals surface area contributed by atoms with Crippen LogP contribution in [0.2, 0.25) is 0 Å². The maximum atomic E-state index is 11.0. The first-order valence-electron chi connectivity index (χ1n) is 4.62. The molecule has 1 atom stereocenters. The number of aromatic hydroxyl groups is 1. The normalized spacial score (nSPS) is 11.8. The van der Waals surface area contributed by atoms with E-state index in [2.05, 4.69) is 5.32 Å². The number of carbonyl (C=O) groups excluding carboxylic acids is 1. The van der Waals surface area contributed by atoms with E-state index in [1.807, 2.05) is 0 Å². The summed E-state index contributed by atoms with van der Waals surface area (Å²) in [6, 6.07) is 1.87. The summed E-state index contributed by atoms with van der Waals surface area (Å²) >= 11 is 5.57. The molecule has 1 rings (SSSR count). The largest absolute Gasteiger partial charge is 0.508 e. The number of hydrogen-bond acceptors (Lipinski definition) is 3. The number of primary amides is 1. The van der Waals surface area contributed by atoms with E-state index in [1.165, 1.54) is 18.2 Å². The SMILES string of the molecule is NC(=O)NC(C(=O)O)c1ccc(O)c(CCl)c1. The first kappa shape index (κ1) is 13.1. The molecule has 0 aliphatic carbocycles. The van der Waals surface area contributed by atoms with E-state index in [-0.39, 0.29) is 17.2 Å². The number of phenolic OH excluding ortho intramolecular Hbond substituents is 1. The lowest BCUT2D eigenvalue weighted by atomic mass is 10.0. The first-order valence-corrected chi connectivity index (χ1v) is 5.15. The van der Waals surface area contributed by atoms with E-state index >= 15 is 0 Å². The van der Waals surface area contributed by atoms with Gasteiger partial charge in [0.1, 0.15) is 5.75 Å². The second kappa shape index (κ2) is 5.40. The minimum absolute atomic E-state index is 0.0303. The minimum Gasteiger partial charge on any atom is -0.508 e. The maximum Gasteiger partial charge on any atom is 0.330 e. The molecule has 6 nitrogen and oxygen atoms in total. The molecule has 7 heteroatoms. The molecule has 92 valence electrons. The van der Waals surface area contributed by atoms with Crippen LogP contribution >= 0.6 is 11.6 Å². The van der Waals surface area contributed by atoms with Gasteiger partial charge in [-0.15, -0.1) is 11.6 Å². The molecule has 0 heterocycles. The van der Waals surface area contributed by atoms with Gasteiger partial charge in [-0.1, -0.05) is 6.07 Å². The topological polar surface area (TPSA) is 113 Å². The highest BCUT2D eigenvalue weighted by Crippen LogP contribution is 2.24. The fraction of sp³-hybridized carbons (Fsp3) is 0.200. The zero-order valence-corrected chi connectivity index (χ0v) is 9.44. The predicted molar refractivity (Wildman–Crippen MR) is 60.8 cm³/mol. The number of nitrogens with two attached hydrogens (primary N) is 1. The molecule has 0 aliphatic heterocycles. The molecule has 0 fully saturated rings. The van der Waals surface area contributed by atoms with Crippen molar-refractivity contribution in [1.82, 2.24) is 5.32 Å². The first-order chi connectivity index (χ1) is 7.95. The third-order valence-electron chi connectivity index (χ3n) is 2.11. The third kappa shape index (κ3) is 3.25. The number of alkyl halides is 1. The van der Waals surface area contributed by atoms with Crippen molar-refractivity contribution in [3.8, 4) is 5.75 Å². The van der Waals surface area contributed by atoms with E-state index in [4.69, 9.17) is 22.4 Å². The quantitative estimate of drug-likeness (QED) is 0.602. The summed E-state index contributed by atoms with van der Waals surface area (Å²) in [6.07, 6.45) is 0. The number of phenols is 1. The summed E-state index contributed by atoms with van der Waals surface area (Å²) in [6.45, 7) is 0. The van der Waals surface area contributed by atoms with Crippen molar-refractivity contribution in [2.45, 2.75) is 11.9 Å². The molecular formula is C10H11ClN2O4. The second-order valence-electron chi connectivity index (χ2n) is 3.30. The molecule has 1 aromatic rings. The number of hydrogen-bond donors (Lipinski definition) is 4. The van der Waals surface area contributed by atoms with Crippen LogP contribution in [-0.4, -0.2) is 22.2 Å². The Bertz CT molecular complexity index is 450. The Hall–Kier alpha value is -1.95. The highest BCUT2D eigenvalue weighted by atomic mass is 35.5. The number of carboxylic acids is 1. The fourth-order valence-electron chi connectivity index (χ4n) is 1.32. The molecule has 2 amide bonds. The van der Waals surface area contributed by atoms with Crippen LogP contribution < -0.4 is 11.1 Å². The standard InChI is InChI=1S/C10H11ClN2O4/c11-4-6-3-5(1-2-7(6)14)8(9(15)16)13-10(12)17/h1-3,8,14H,4H2,(H,15,16)(H3,12,13,17). The van der Waals surface area contributed by atoms with Crippen LogP contribution in [0.25, 0.3) is 0 Å². The van der Waals surface area contributed by atoms with Gasteiger partial charge in [-0.3, -0.25) is 0 Å². The lowest BCUT2D eigenvalue weighted by Crippen LogP contribution is -2.37. The Morgan fingerprint density at radius 2 is 2.12 bits per heavy atom. The van der Waals surface area contributed by atoms with Crippen molar-refractivity contribution >= 4 is 23.6 Å². The van der Waals surface area contributed by atoms with Gasteiger partial charge in [-0.2, -0.15) is 0 Å². The number of urea groups is 1. The van der Waals surface area contributed by atoms with Crippen LogP contribution in [0.5, 0.6) is 5.75 Å². The highest BCUT2D eigenvalue weighted by molar-refractivity contribution is 6.17. The predicted octanol–water partition coefficient (Wildman–Crippen LogP) is 0.925. The van der Waals surface area contributed by atoms with Gasteiger partial charge in [0.15, 0.2) is 6.04 Å². The van der Waals surface area contributed by atoms with Crippen LogP contribution in [0.1, 0.15) is 17.2 Å². The van der Waals surface area contributed by atoms with Crippen molar-refractivity contribution in [2.75, 3.05) is 0 Å². The van der Waals surface area contributed by atoms with E-state index in [1.54, 1.807) is 0 Å². The van der Waals surface area contributed by atoms with Gasteiger partial charge in [-0.25, -0.2) is 9.59 Å². The van der Waals surface area contributed by atoms with Gasteiger partial charge in [0, 0.05) is 5.56 Å². The lowest BCUT2D eigenvalue weighted by molar-refractivity contribution is -0.139. The van der Waals surface area contributed by atoms with Gasteiger partial charge in [0.25, 0.3) is 0 Å². The Morgan fingerprint density at radius 3 is 2.59 bits per heavy atom. The number of aliphatic carboxylic acids is 1. The van der Waals surface area contributed by atoms with E-state index in [0.29, 0.717) is 5.56 Å². The molecule has 1 unspecified atom stereocenters. The number of halogens is 1. The van der Waals surface area contributed by atoms with Crippen molar-refractivity contribution in [3.63, 3.8) is 0 Å². The molecule has 0 saturated heterocycles. The lowest BCUT2D eigenvalue weighted by Gasteiger charge is -2.14. The molecule has 0 aliphatic rings. The number of benzene rings is 1. The molecule has 0 radical (unpaired) electrons. The molecule has 0 aromatic heterocycles. The van der Waals surface area contributed by atoms with Gasteiger partial charge in [-0.05, 0) is 17.7 Å². The summed E-state index contributed by atoms with van der Waals surface area (Å²) in [5, 5.41) is 20.4. The fourth-order valence-corrected chi connectivity index (χ4v) is 1.54. The van der Waals surface area contributed by atoms with Crippen LogP contribution in [0.3, 0.4) is 0 Å². The van der Waals surface area contributed by atoms with Crippen molar-refractivity contribution < 1.29 is 19.8 Å². The maximum absolute atomic E-state index is 11.0. The van der Waals surface area contributed by atoms with Crippen molar-refractivity contribution in [2.24, 2.45) is 5.73 Å². The highest BCUT2D eigenvalue weighted by Gasteiger charge is 2.21. The molecule has 0 spiro atoms. The van der Waals surface area contributed by atoms with Crippen LogP contribution in [0.15, 0.2) is 18.2 Å². The number of carbonyl (C=O) groups is 2. The van der Waals surface area contributed by atoms with E-state index in [0.717, 1.165) is 0 Å². The van der Waals surface area contributed by atoms with Gasteiger partial charge in [0.05, 0.1) is 5.88 Å². The van der Waals surface area contributed by atoms with Gasteiger partial charge >= 0.3 is 12.0 Å². The molecule has 1 aromatic carbocycles.